The van der Waals surface area contributed by atoms with Gasteiger partial charge in [0.15, 0.2) is 0 Å². The Morgan fingerprint density at radius 3 is 2.02 bits per heavy atom. The van der Waals surface area contributed by atoms with Crippen molar-refractivity contribution < 1.29 is 22.7 Å². The predicted octanol–water partition coefficient (Wildman–Crippen LogP) is 7.80. The van der Waals surface area contributed by atoms with E-state index in [1.165, 1.54) is 17.0 Å². The summed E-state index contributed by atoms with van der Waals surface area (Å²) in [7, 11) is -4.25. The topological polar surface area (TPSA) is 96.0 Å². The molecule has 0 aliphatic carbocycles. The van der Waals surface area contributed by atoms with Gasteiger partial charge in [0.05, 0.1) is 10.6 Å². The number of hydrogen-bond acceptors (Lipinski definition) is 5. The highest BCUT2D eigenvalue weighted by molar-refractivity contribution is 7.92. The van der Waals surface area contributed by atoms with Crippen LogP contribution in [0.15, 0.2) is 138 Å². The van der Waals surface area contributed by atoms with E-state index in [1.54, 1.807) is 60.7 Å². The molecule has 258 valence electrons. The zero-order valence-electron chi connectivity index (χ0n) is 28.0. The van der Waals surface area contributed by atoms with Crippen LogP contribution in [0.4, 0.5) is 5.69 Å². The molecular weight excluding hydrogens is 670 g/mol. The third-order valence-corrected chi connectivity index (χ3v) is 10.3. The third kappa shape index (κ3) is 9.31. The molecule has 2 amide bonds. The number of sulfonamides is 1. The zero-order chi connectivity index (χ0) is 35.5. The summed E-state index contributed by atoms with van der Waals surface area (Å²) in [5, 5.41) is 3.38. The Bertz CT molecular complexity index is 1970. The fourth-order valence-electron chi connectivity index (χ4n) is 5.40. The maximum atomic E-state index is 14.7. The summed E-state index contributed by atoms with van der Waals surface area (Å²) in [6, 6.07) is 37.8. The second kappa shape index (κ2) is 17.0. The molecule has 5 aromatic carbocycles. The molecular formula is C40H40ClN3O5S. The first kappa shape index (κ1) is 36.2. The average Bonchev–Trinajstić information content (AvgIpc) is 3.13. The summed E-state index contributed by atoms with van der Waals surface area (Å²) in [5.74, 6) is 0.208. The molecule has 0 bridgehead atoms. The van der Waals surface area contributed by atoms with Crippen LogP contribution in [0.3, 0.4) is 0 Å². The number of anilines is 1. The van der Waals surface area contributed by atoms with Crippen molar-refractivity contribution in [3.8, 4) is 11.5 Å². The molecule has 50 heavy (non-hydrogen) atoms. The van der Waals surface area contributed by atoms with Gasteiger partial charge >= 0.3 is 0 Å². The molecule has 5 aromatic rings. The number of carbonyl (C=O) groups excluding carboxylic acids is 2. The fraction of sp³-hybridized carbons (Fsp3) is 0.200. The van der Waals surface area contributed by atoms with E-state index in [1.807, 2.05) is 74.5 Å². The maximum Gasteiger partial charge on any atom is 0.264 e. The third-order valence-electron chi connectivity index (χ3n) is 8.11. The number of rotatable bonds is 15. The van der Waals surface area contributed by atoms with Crippen molar-refractivity contribution in [1.82, 2.24) is 10.2 Å². The molecule has 0 aliphatic heterocycles. The maximum absolute atomic E-state index is 14.7. The summed E-state index contributed by atoms with van der Waals surface area (Å²) in [6.07, 6.45) is 0.914. The molecule has 0 radical (unpaired) electrons. The number of amides is 2. The molecule has 1 N–H and O–H groups in total. The lowest BCUT2D eigenvalue weighted by atomic mass is 10.0. The molecule has 0 aliphatic rings. The summed E-state index contributed by atoms with van der Waals surface area (Å²) in [5.41, 5.74) is 2.62. The van der Waals surface area contributed by atoms with Crippen LogP contribution in [-0.2, 0) is 32.6 Å². The number of ether oxygens (including phenoxy) is 1. The van der Waals surface area contributed by atoms with Crippen molar-refractivity contribution in [2.24, 2.45) is 0 Å². The highest BCUT2D eigenvalue weighted by Gasteiger charge is 2.35. The highest BCUT2D eigenvalue weighted by Crippen LogP contribution is 2.29. The van der Waals surface area contributed by atoms with Crippen molar-refractivity contribution in [1.29, 1.82) is 0 Å². The lowest BCUT2D eigenvalue weighted by Gasteiger charge is -2.34. The Morgan fingerprint density at radius 2 is 1.38 bits per heavy atom. The summed E-state index contributed by atoms with van der Waals surface area (Å²) in [6.45, 7) is 3.64. The van der Waals surface area contributed by atoms with Gasteiger partial charge in [-0.05, 0) is 79.1 Å². The van der Waals surface area contributed by atoms with Gasteiger partial charge in [-0.1, -0.05) is 103 Å². The van der Waals surface area contributed by atoms with Crippen LogP contribution in [0.25, 0.3) is 0 Å². The average molecular weight is 710 g/mol. The predicted molar refractivity (Wildman–Crippen MR) is 198 cm³/mol. The van der Waals surface area contributed by atoms with Crippen LogP contribution < -0.4 is 14.4 Å². The van der Waals surface area contributed by atoms with Crippen molar-refractivity contribution in [2.75, 3.05) is 17.4 Å². The van der Waals surface area contributed by atoms with Gasteiger partial charge in [-0.3, -0.25) is 13.9 Å². The van der Waals surface area contributed by atoms with Gasteiger partial charge in [-0.2, -0.15) is 0 Å². The van der Waals surface area contributed by atoms with E-state index in [4.69, 9.17) is 16.3 Å². The standard InChI is InChI=1S/C40H40ClN3O5S/c1-3-26-42-40(46)38(27-31-12-6-4-7-13-31)43(28-32-14-10-11-17-37(32)41)39(45)29-44(50(47,48)36-24-18-30(2)19-25-36)33-20-22-35(23-21-33)49-34-15-8-5-9-16-34/h4-25,38H,3,26-29H2,1-2H3,(H,42,46)/t38-/m0/s1. The number of aryl methyl sites for hydroxylation is 1. The van der Waals surface area contributed by atoms with E-state index in [2.05, 4.69) is 5.32 Å². The lowest BCUT2D eigenvalue weighted by Crippen LogP contribution is -2.53. The number of para-hydroxylation sites is 1. The van der Waals surface area contributed by atoms with Gasteiger partial charge in [-0.25, -0.2) is 8.42 Å². The normalized spacial score (nSPS) is 11.7. The van der Waals surface area contributed by atoms with E-state index in [0.29, 0.717) is 35.1 Å². The molecule has 10 heteroatoms. The van der Waals surface area contributed by atoms with Gasteiger partial charge < -0.3 is 15.0 Å². The van der Waals surface area contributed by atoms with E-state index in [0.717, 1.165) is 15.4 Å². The molecule has 0 spiro atoms. The van der Waals surface area contributed by atoms with Crippen LogP contribution in [0.2, 0.25) is 5.02 Å². The number of halogens is 1. The number of hydrogen-bond donors (Lipinski definition) is 1. The Kier molecular flexibility index (Phi) is 12.3. The molecule has 0 aromatic heterocycles. The first-order valence-corrected chi connectivity index (χ1v) is 18.2. The Labute approximate surface area is 299 Å². The monoisotopic (exact) mass is 709 g/mol. The summed E-state index contributed by atoms with van der Waals surface area (Å²) < 4.78 is 35.7. The van der Waals surface area contributed by atoms with E-state index in [-0.39, 0.29) is 29.5 Å². The molecule has 8 nitrogen and oxygen atoms in total. The number of benzene rings is 5. The van der Waals surface area contributed by atoms with Gasteiger partial charge in [0, 0.05) is 24.5 Å². The minimum atomic E-state index is -4.25. The molecule has 0 saturated carbocycles. The van der Waals surface area contributed by atoms with Crippen molar-refractivity contribution >= 4 is 39.1 Å². The minimum Gasteiger partial charge on any atom is -0.457 e. The van der Waals surface area contributed by atoms with Crippen molar-refractivity contribution in [3.63, 3.8) is 0 Å². The van der Waals surface area contributed by atoms with Gasteiger partial charge in [0.25, 0.3) is 10.0 Å². The molecule has 1 atom stereocenters. The molecule has 0 saturated heterocycles. The first-order valence-electron chi connectivity index (χ1n) is 16.4. The molecule has 0 heterocycles. The van der Waals surface area contributed by atoms with Crippen molar-refractivity contribution in [2.45, 2.75) is 44.2 Å². The Hall–Kier alpha value is -5.12. The smallest absolute Gasteiger partial charge is 0.264 e. The quantitative estimate of drug-likeness (QED) is 0.120. The minimum absolute atomic E-state index is 0.0160. The van der Waals surface area contributed by atoms with Gasteiger partial charge in [-0.15, -0.1) is 0 Å². The number of carbonyl (C=O) groups is 2. The lowest BCUT2D eigenvalue weighted by molar-refractivity contribution is -0.140. The molecule has 0 unspecified atom stereocenters. The number of nitrogens with one attached hydrogen (secondary N) is 1. The van der Waals surface area contributed by atoms with Crippen LogP contribution >= 0.6 is 11.6 Å². The first-order chi connectivity index (χ1) is 24.2. The SMILES string of the molecule is CCCNC(=O)[C@H](Cc1ccccc1)N(Cc1ccccc1Cl)C(=O)CN(c1ccc(Oc2ccccc2)cc1)S(=O)(=O)c1ccc(C)cc1. The van der Waals surface area contributed by atoms with Gasteiger partial charge in [0.2, 0.25) is 11.8 Å². The molecule has 5 rings (SSSR count). The Balaban J connectivity index is 1.56. The van der Waals surface area contributed by atoms with E-state index < -0.39 is 28.5 Å². The van der Waals surface area contributed by atoms with Crippen LogP contribution in [0, 0.1) is 6.92 Å². The second-order valence-electron chi connectivity index (χ2n) is 11.8. The van der Waals surface area contributed by atoms with E-state index >= 15 is 0 Å². The fourth-order valence-corrected chi connectivity index (χ4v) is 7.01. The van der Waals surface area contributed by atoms with Crippen LogP contribution in [-0.4, -0.2) is 44.3 Å². The zero-order valence-corrected chi connectivity index (χ0v) is 29.6. The summed E-state index contributed by atoms with van der Waals surface area (Å²) in [4.78, 5) is 30.0. The second-order valence-corrected chi connectivity index (χ2v) is 14.1. The molecule has 0 fully saturated rings. The van der Waals surface area contributed by atoms with Crippen LogP contribution in [0.1, 0.15) is 30.0 Å². The van der Waals surface area contributed by atoms with Gasteiger partial charge in [0.1, 0.15) is 24.1 Å². The highest BCUT2D eigenvalue weighted by atomic mass is 35.5. The largest absolute Gasteiger partial charge is 0.457 e. The Morgan fingerprint density at radius 1 is 0.780 bits per heavy atom. The number of nitrogens with zero attached hydrogens (tertiary/aromatic N) is 2. The van der Waals surface area contributed by atoms with Crippen molar-refractivity contribution in [3.05, 3.63) is 155 Å². The van der Waals surface area contributed by atoms with E-state index in [9.17, 15) is 18.0 Å². The van der Waals surface area contributed by atoms with Crippen LogP contribution in [0.5, 0.6) is 11.5 Å². The summed E-state index contributed by atoms with van der Waals surface area (Å²) >= 11 is 6.58.